The molecule has 0 aliphatic heterocycles. The topological polar surface area (TPSA) is 135 Å². The zero-order valence-corrected chi connectivity index (χ0v) is 19.9. The Morgan fingerprint density at radius 1 is 1.22 bits per heavy atom. The first-order chi connectivity index (χ1) is 17.4. The summed E-state index contributed by atoms with van der Waals surface area (Å²) in [7, 11) is 0. The fraction of sp³-hybridized carbons (Fsp3) is 0.154. The number of carboxylic acid groups (broad SMARTS) is 1. The number of carboxylic acids is 1. The summed E-state index contributed by atoms with van der Waals surface area (Å²) in [6.45, 7) is 1.46. The van der Waals surface area contributed by atoms with Crippen LogP contribution in [0.15, 0.2) is 69.5 Å². The van der Waals surface area contributed by atoms with E-state index in [9.17, 15) is 19.5 Å². The maximum atomic E-state index is 12.9. The van der Waals surface area contributed by atoms with Gasteiger partial charge in [-0.15, -0.1) is 11.3 Å². The van der Waals surface area contributed by atoms with Crippen molar-refractivity contribution in [3.63, 3.8) is 0 Å². The summed E-state index contributed by atoms with van der Waals surface area (Å²) in [5.41, 5.74) is 2.70. The molecule has 2 aromatic carbocycles. The molecule has 0 bridgehead atoms. The molecule has 0 radical (unpaired) electrons. The number of para-hydroxylation sites is 1. The van der Waals surface area contributed by atoms with Gasteiger partial charge in [0.2, 0.25) is 5.43 Å². The maximum absolute atomic E-state index is 12.9. The Labute approximate surface area is 208 Å². The van der Waals surface area contributed by atoms with Crippen molar-refractivity contribution >= 4 is 45.1 Å². The number of rotatable bonds is 8. The normalized spacial score (nSPS) is 12.0. The van der Waals surface area contributed by atoms with Gasteiger partial charge in [0.15, 0.2) is 6.61 Å². The third-order valence-electron chi connectivity index (χ3n) is 5.74. The molecule has 0 aliphatic rings. The first-order valence-corrected chi connectivity index (χ1v) is 11.9. The Morgan fingerprint density at radius 3 is 2.83 bits per heavy atom. The van der Waals surface area contributed by atoms with Gasteiger partial charge < -0.3 is 24.6 Å². The Balaban J connectivity index is 1.25. The molecule has 3 heterocycles. The van der Waals surface area contributed by atoms with Crippen LogP contribution in [0.25, 0.3) is 33.1 Å². The van der Waals surface area contributed by atoms with Gasteiger partial charge in [0.05, 0.1) is 21.7 Å². The van der Waals surface area contributed by atoms with E-state index in [1.807, 2.05) is 31.2 Å². The highest BCUT2D eigenvalue weighted by Crippen LogP contribution is 2.24. The van der Waals surface area contributed by atoms with Gasteiger partial charge in [-0.05, 0) is 30.7 Å². The summed E-state index contributed by atoms with van der Waals surface area (Å²) < 4.78 is 11.2. The summed E-state index contributed by atoms with van der Waals surface area (Å²) in [5.74, 6) is -1.42. The van der Waals surface area contributed by atoms with Crippen LogP contribution in [0.2, 0.25) is 0 Å². The number of hydrogen-bond donors (Lipinski definition) is 3. The molecule has 0 fully saturated rings. The van der Waals surface area contributed by atoms with Crippen LogP contribution in [-0.4, -0.2) is 39.6 Å². The van der Waals surface area contributed by atoms with Gasteiger partial charge in [0, 0.05) is 35.0 Å². The lowest BCUT2D eigenvalue weighted by atomic mass is 10.1. The van der Waals surface area contributed by atoms with Crippen molar-refractivity contribution < 1.29 is 23.8 Å². The zero-order chi connectivity index (χ0) is 25.2. The Kier molecular flexibility index (Phi) is 6.26. The average Bonchev–Trinajstić information content (AvgIpc) is 3.48. The quantitative estimate of drug-likeness (QED) is 0.292. The minimum Gasteiger partial charge on any atom is -0.484 e. The molecule has 0 saturated carbocycles. The first-order valence-electron chi connectivity index (χ1n) is 11.1. The van der Waals surface area contributed by atoms with Crippen LogP contribution in [-0.2, 0) is 16.0 Å². The predicted octanol–water partition coefficient (Wildman–Crippen LogP) is 3.90. The van der Waals surface area contributed by atoms with Crippen LogP contribution >= 0.6 is 11.3 Å². The highest BCUT2D eigenvalue weighted by molar-refractivity contribution is 7.09. The molecule has 0 saturated heterocycles. The van der Waals surface area contributed by atoms with E-state index < -0.39 is 24.5 Å². The van der Waals surface area contributed by atoms with Crippen molar-refractivity contribution in [2.45, 2.75) is 19.4 Å². The molecule has 0 spiro atoms. The van der Waals surface area contributed by atoms with E-state index in [1.54, 1.807) is 23.7 Å². The van der Waals surface area contributed by atoms with Crippen molar-refractivity contribution in [1.82, 2.24) is 15.3 Å². The number of aromatic amines is 1. The van der Waals surface area contributed by atoms with Gasteiger partial charge in [-0.1, -0.05) is 18.2 Å². The molecule has 0 unspecified atom stereocenters. The van der Waals surface area contributed by atoms with E-state index in [-0.39, 0.29) is 11.8 Å². The number of amides is 1. The average molecular weight is 504 g/mol. The number of carbonyl (C=O) groups excluding carboxylic acids is 1. The third-order valence-corrected chi connectivity index (χ3v) is 6.52. The minimum atomic E-state index is -1.15. The molecule has 3 aromatic heterocycles. The fourth-order valence-electron chi connectivity index (χ4n) is 3.97. The van der Waals surface area contributed by atoms with Gasteiger partial charge in [-0.2, -0.15) is 0 Å². The summed E-state index contributed by atoms with van der Waals surface area (Å²) in [4.78, 5) is 44.5. The molecule has 1 atom stereocenters. The molecule has 0 aliphatic carbocycles. The van der Waals surface area contributed by atoms with Crippen LogP contribution in [0, 0.1) is 6.92 Å². The number of benzene rings is 2. The lowest BCUT2D eigenvalue weighted by Gasteiger charge is -2.15. The van der Waals surface area contributed by atoms with Gasteiger partial charge in [0.25, 0.3) is 5.91 Å². The second-order valence-corrected chi connectivity index (χ2v) is 9.26. The SMILES string of the molecule is Cc1nc(-c2coc3cc(OCC(=O)N[C@@H](Cc4c[nH]c5ccccc45)C(=O)O)ccc3c2=O)cs1. The summed E-state index contributed by atoms with van der Waals surface area (Å²) in [6, 6.07) is 11.1. The number of thiazole rings is 1. The molecule has 10 heteroatoms. The maximum Gasteiger partial charge on any atom is 0.326 e. The number of nitrogens with one attached hydrogen (secondary N) is 2. The molecule has 5 rings (SSSR count). The van der Waals surface area contributed by atoms with Crippen LogP contribution in [0.3, 0.4) is 0 Å². The lowest BCUT2D eigenvalue weighted by Crippen LogP contribution is -2.44. The summed E-state index contributed by atoms with van der Waals surface area (Å²) in [6.07, 6.45) is 3.22. The van der Waals surface area contributed by atoms with Gasteiger partial charge in [0.1, 0.15) is 23.6 Å². The van der Waals surface area contributed by atoms with Crippen molar-refractivity contribution in [3.05, 3.63) is 81.1 Å². The van der Waals surface area contributed by atoms with Crippen molar-refractivity contribution in [1.29, 1.82) is 0 Å². The van der Waals surface area contributed by atoms with E-state index >= 15 is 0 Å². The van der Waals surface area contributed by atoms with E-state index in [2.05, 4.69) is 15.3 Å². The minimum absolute atomic E-state index is 0.118. The summed E-state index contributed by atoms with van der Waals surface area (Å²) >= 11 is 1.44. The van der Waals surface area contributed by atoms with Gasteiger partial charge in [-0.25, -0.2) is 9.78 Å². The number of nitrogens with zero attached hydrogens (tertiary/aromatic N) is 1. The fourth-order valence-corrected chi connectivity index (χ4v) is 4.58. The zero-order valence-electron chi connectivity index (χ0n) is 19.1. The second kappa shape index (κ2) is 9.67. The van der Waals surface area contributed by atoms with Crippen molar-refractivity contribution in [3.8, 4) is 17.0 Å². The molecular formula is C26H21N3O6S. The second-order valence-electron chi connectivity index (χ2n) is 8.20. The molecule has 1 amide bonds. The van der Waals surface area contributed by atoms with Crippen molar-refractivity contribution in [2.75, 3.05) is 6.61 Å². The molecule has 182 valence electrons. The molecular weight excluding hydrogens is 482 g/mol. The van der Waals surface area contributed by atoms with Gasteiger partial charge in [-0.3, -0.25) is 9.59 Å². The first kappa shape index (κ1) is 23.3. The number of aryl methyl sites for hydroxylation is 1. The van der Waals surface area contributed by atoms with Crippen LogP contribution in [0.4, 0.5) is 0 Å². The van der Waals surface area contributed by atoms with E-state index in [1.165, 1.54) is 23.7 Å². The van der Waals surface area contributed by atoms with E-state index in [0.717, 1.165) is 21.5 Å². The Hall–Kier alpha value is -4.44. The largest absolute Gasteiger partial charge is 0.484 e. The smallest absolute Gasteiger partial charge is 0.326 e. The third kappa shape index (κ3) is 4.71. The highest BCUT2D eigenvalue weighted by Gasteiger charge is 2.22. The standard InChI is InChI=1S/C26H21N3O6S/c1-14-28-22(13-36-14)19-11-35-23-9-16(6-7-18(23)25(19)31)34-12-24(30)29-21(26(32)33)8-15-10-27-20-5-3-2-4-17(15)20/h2-7,9-11,13,21,27H,8,12H2,1H3,(H,29,30)(H,32,33)/t21-/m0/s1. The van der Waals surface area contributed by atoms with Crippen LogP contribution in [0.1, 0.15) is 10.6 Å². The molecule has 5 aromatic rings. The van der Waals surface area contributed by atoms with E-state index in [4.69, 9.17) is 9.15 Å². The number of ether oxygens (including phenoxy) is 1. The van der Waals surface area contributed by atoms with Crippen LogP contribution in [0.5, 0.6) is 5.75 Å². The number of fused-ring (bicyclic) bond motifs is 2. The number of H-pyrrole nitrogens is 1. The number of aromatic nitrogens is 2. The number of aliphatic carboxylic acids is 1. The highest BCUT2D eigenvalue weighted by atomic mass is 32.1. The van der Waals surface area contributed by atoms with E-state index in [0.29, 0.717) is 28.0 Å². The summed E-state index contributed by atoms with van der Waals surface area (Å²) in [5, 5.41) is 16.0. The number of carbonyl (C=O) groups is 2. The monoisotopic (exact) mass is 503 g/mol. The van der Waals surface area contributed by atoms with Gasteiger partial charge >= 0.3 is 5.97 Å². The van der Waals surface area contributed by atoms with Crippen molar-refractivity contribution in [2.24, 2.45) is 0 Å². The molecule has 3 N–H and O–H groups in total. The molecule has 9 nitrogen and oxygen atoms in total. The van der Waals surface area contributed by atoms with Crippen LogP contribution < -0.4 is 15.5 Å². The lowest BCUT2D eigenvalue weighted by molar-refractivity contribution is -0.142. The molecule has 36 heavy (non-hydrogen) atoms. The Morgan fingerprint density at radius 2 is 2.06 bits per heavy atom. The predicted molar refractivity (Wildman–Crippen MR) is 135 cm³/mol. The number of hydrogen-bond acceptors (Lipinski definition) is 7. The Bertz CT molecular complexity index is 1650.